The van der Waals surface area contributed by atoms with Crippen molar-refractivity contribution in [1.29, 1.82) is 0 Å². The summed E-state index contributed by atoms with van der Waals surface area (Å²) in [4.78, 5) is 22.9. The van der Waals surface area contributed by atoms with Crippen LogP contribution in [-0.4, -0.2) is 10.8 Å². The highest BCUT2D eigenvalue weighted by Crippen LogP contribution is 2.44. The molecule has 0 saturated carbocycles. The van der Waals surface area contributed by atoms with Gasteiger partial charge in [-0.15, -0.1) is 0 Å². The number of hydrogen-bond donors (Lipinski definition) is 2. The summed E-state index contributed by atoms with van der Waals surface area (Å²) in [6.07, 6.45) is 0. The number of nitrogens with zero attached hydrogens (tertiary/aromatic N) is 1. The number of carbonyl (C=O) groups excluding carboxylic acids is 1. The molecule has 22 heavy (non-hydrogen) atoms. The molecule has 0 aromatic heterocycles. The first kappa shape index (κ1) is 12.8. The van der Waals surface area contributed by atoms with Crippen LogP contribution in [-0.2, 0) is 21.9 Å². The predicted molar refractivity (Wildman–Crippen MR) is 78.3 cm³/mol. The Morgan fingerprint density at radius 3 is 2.82 bits per heavy atom. The van der Waals surface area contributed by atoms with Crippen LogP contribution in [0.5, 0.6) is 0 Å². The zero-order valence-corrected chi connectivity index (χ0v) is 11.3. The molecule has 2 aromatic rings. The normalized spacial score (nSPS) is 21.7. The third-order valence-electron chi connectivity index (χ3n) is 3.93. The van der Waals surface area contributed by atoms with E-state index in [1.54, 1.807) is 0 Å². The van der Waals surface area contributed by atoms with Crippen LogP contribution in [0.15, 0.2) is 42.5 Å². The Hall–Kier alpha value is -2.93. The van der Waals surface area contributed by atoms with Crippen LogP contribution in [0.1, 0.15) is 11.1 Å². The van der Waals surface area contributed by atoms with Crippen LogP contribution in [0.25, 0.3) is 0 Å². The zero-order valence-electron chi connectivity index (χ0n) is 11.3. The quantitative estimate of drug-likeness (QED) is 0.622. The number of nitro groups is 1. The van der Waals surface area contributed by atoms with Gasteiger partial charge in [-0.05, 0) is 12.1 Å². The number of nitrogens with one attached hydrogen (secondary N) is 2. The molecule has 2 aliphatic heterocycles. The molecule has 7 nitrogen and oxygen atoms in total. The van der Waals surface area contributed by atoms with Gasteiger partial charge in [-0.25, -0.2) is 0 Å². The summed E-state index contributed by atoms with van der Waals surface area (Å²) < 4.78 is 5.78. The minimum Gasteiger partial charge on any atom is -0.345 e. The van der Waals surface area contributed by atoms with Crippen LogP contribution in [0.3, 0.4) is 0 Å². The zero-order chi connectivity index (χ0) is 15.3. The monoisotopic (exact) mass is 297 g/mol. The van der Waals surface area contributed by atoms with E-state index >= 15 is 0 Å². The maximum Gasteiger partial charge on any atom is 0.282 e. The van der Waals surface area contributed by atoms with Gasteiger partial charge in [-0.3, -0.25) is 14.9 Å². The van der Waals surface area contributed by atoms with E-state index in [0.717, 1.165) is 11.3 Å². The van der Waals surface area contributed by atoms with Gasteiger partial charge in [-0.1, -0.05) is 18.2 Å². The Balaban J connectivity index is 1.86. The first-order valence-corrected chi connectivity index (χ1v) is 6.70. The van der Waals surface area contributed by atoms with E-state index < -0.39 is 10.6 Å². The standard InChI is InChI=1S/C15H11N3O4/c19-14-15(17-12-4-2-1-3-9(12)8-22-15)11-7-10(18(20)21)5-6-13(11)16-14/h1-7,17H,8H2,(H,16,19)/t15-/m0/s1. The number of para-hydroxylation sites is 1. The van der Waals surface area contributed by atoms with Crippen LogP contribution >= 0.6 is 0 Å². The number of anilines is 2. The summed E-state index contributed by atoms with van der Waals surface area (Å²) >= 11 is 0. The molecular formula is C15H11N3O4. The lowest BCUT2D eigenvalue weighted by molar-refractivity contribution is -0.385. The molecule has 1 atom stereocenters. The number of non-ortho nitro benzene ring substituents is 1. The van der Waals surface area contributed by atoms with E-state index in [4.69, 9.17) is 4.74 Å². The van der Waals surface area contributed by atoms with Crippen molar-refractivity contribution in [2.45, 2.75) is 12.3 Å². The second kappa shape index (κ2) is 4.28. The number of benzene rings is 2. The van der Waals surface area contributed by atoms with Crippen LogP contribution in [0, 0.1) is 10.1 Å². The van der Waals surface area contributed by atoms with Crippen LogP contribution < -0.4 is 10.6 Å². The Bertz CT molecular complexity index is 820. The molecular weight excluding hydrogens is 286 g/mol. The van der Waals surface area contributed by atoms with E-state index in [0.29, 0.717) is 11.3 Å². The largest absolute Gasteiger partial charge is 0.345 e. The van der Waals surface area contributed by atoms with E-state index in [9.17, 15) is 14.9 Å². The Labute approximate surface area is 125 Å². The number of fused-ring (bicyclic) bond motifs is 3. The van der Waals surface area contributed by atoms with Crippen molar-refractivity contribution in [3.63, 3.8) is 0 Å². The number of ether oxygens (including phenoxy) is 1. The van der Waals surface area contributed by atoms with Gasteiger partial charge in [0, 0.05) is 34.6 Å². The summed E-state index contributed by atoms with van der Waals surface area (Å²) in [5.74, 6) is -0.377. The highest BCUT2D eigenvalue weighted by atomic mass is 16.6. The van der Waals surface area contributed by atoms with Gasteiger partial charge in [0.1, 0.15) is 0 Å². The molecule has 2 heterocycles. The first-order valence-electron chi connectivity index (χ1n) is 6.70. The predicted octanol–water partition coefficient (Wildman–Crippen LogP) is 2.34. The summed E-state index contributed by atoms with van der Waals surface area (Å²) in [6, 6.07) is 11.7. The second-order valence-electron chi connectivity index (χ2n) is 5.19. The van der Waals surface area contributed by atoms with Crippen LogP contribution in [0.2, 0.25) is 0 Å². The molecule has 0 fully saturated rings. The van der Waals surface area contributed by atoms with Crippen molar-refractivity contribution in [2.75, 3.05) is 10.6 Å². The molecule has 1 spiro atoms. The Morgan fingerprint density at radius 1 is 1.18 bits per heavy atom. The molecule has 0 bridgehead atoms. The highest BCUT2D eigenvalue weighted by molar-refractivity contribution is 6.07. The smallest absolute Gasteiger partial charge is 0.282 e. The lowest BCUT2D eigenvalue weighted by atomic mass is 10.00. The summed E-state index contributed by atoms with van der Waals surface area (Å²) in [5, 5.41) is 16.8. The third kappa shape index (κ3) is 1.63. The Morgan fingerprint density at radius 2 is 2.00 bits per heavy atom. The molecule has 4 rings (SSSR count). The molecule has 7 heteroatoms. The maximum absolute atomic E-state index is 12.4. The molecule has 2 aliphatic rings. The molecule has 1 amide bonds. The van der Waals surface area contributed by atoms with E-state index in [2.05, 4.69) is 10.6 Å². The van der Waals surface area contributed by atoms with E-state index in [1.807, 2.05) is 24.3 Å². The van der Waals surface area contributed by atoms with Crippen molar-refractivity contribution >= 4 is 23.0 Å². The fourth-order valence-electron chi connectivity index (χ4n) is 2.83. The number of amides is 1. The Kier molecular flexibility index (Phi) is 2.49. The van der Waals surface area contributed by atoms with Gasteiger partial charge in [0.25, 0.3) is 11.6 Å². The molecule has 0 aliphatic carbocycles. The molecule has 0 unspecified atom stereocenters. The highest BCUT2D eigenvalue weighted by Gasteiger charge is 2.51. The van der Waals surface area contributed by atoms with Crippen molar-refractivity contribution in [3.05, 3.63) is 63.7 Å². The van der Waals surface area contributed by atoms with Gasteiger partial charge in [0.15, 0.2) is 0 Å². The number of hydrogen-bond acceptors (Lipinski definition) is 5. The fraction of sp³-hybridized carbons (Fsp3) is 0.133. The summed E-state index contributed by atoms with van der Waals surface area (Å²) in [7, 11) is 0. The van der Waals surface area contributed by atoms with Crippen molar-refractivity contribution in [1.82, 2.24) is 0 Å². The molecule has 0 radical (unpaired) electrons. The average molecular weight is 297 g/mol. The third-order valence-corrected chi connectivity index (χ3v) is 3.93. The summed E-state index contributed by atoms with van der Waals surface area (Å²) in [6.45, 7) is 0.249. The van der Waals surface area contributed by atoms with E-state index in [1.165, 1.54) is 18.2 Å². The van der Waals surface area contributed by atoms with Gasteiger partial charge in [-0.2, -0.15) is 0 Å². The minimum atomic E-state index is -1.42. The van der Waals surface area contributed by atoms with Crippen LogP contribution in [0.4, 0.5) is 17.1 Å². The van der Waals surface area contributed by atoms with Gasteiger partial charge >= 0.3 is 0 Å². The molecule has 2 aromatic carbocycles. The number of nitro benzene ring substituents is 1. The van der Waals surface area contributed by atoms with Crippen molar-refractivity contribution in [2.24, 2.45) is 0 Å². The number of rotatable bonds is 1. The lowest BCUT2D eigenvalue weighted by Gasteiger charge is -2.34. The molecule has 110 valence electrons. The molecule has 0 saturated heterocycles. The topological polar surface area (TPSA) is 93.5 Å². The minimum absolute atomic E-state index is 0.0844. The van der Waals surface area contributed by atoms with Crippen molar-refractivity contribution < 1.29 is 14.5 Å². The SMILES string of the molecule is O=C1Nc2ccc([N+](=O)[O-])cc2[C@@]12Nc1ccccc1CO2. The van der Waals surface area contributed by atoms with Gasteiger partial charge < -0.3 is 15.4 Å². The average Bonchev–Trinajstić information content (AvgIpc) is 2.79. The van der Waals surface area contributed by atoms with Gasteiger partial charge in [0.05, 0.1) is 11.5 Å². The second-order valence-corrected chi connectivity index (χ2v) is 5.19. The fourth-order valence-corrected chi connectivity index (χ4v) is 2.83. The van der Waals surface area contributed by atoms with E-state index in [-0.39, 0.29) is 18.2 Å². The lowest BCUT2D eigenvalue weighted by Crippen LogP contribution is -2.47. The number of carbonyl (C=O) groups is 1. The van der Waals surface area contributed by atoms with Crippen molar-refractivity contribution in [3.8, 4) is 0 Å². The summed E-state index contributed by atoms with van der Waals surface area (Å²) in [5.41, 5.74) is 1.15. The first-order chi connectivity index (χ1) is 10.6. The maximum atomic E-state index is 12.4. The van der Waals surface area contributed by atoms with Gasteiger partial charge in [0.2, 0.25) is 5.72 Å². The molecule has 2 N–H and O–H groups in total.